The Bertz CT molecular complexity index is 919. The number of sulfonamides is 1. The monoisotopic (exact) mass is 353 g/mol. The molecule has 0 aliphatic heterocycles. The maximum absolute atomic E-state index is 12.5. The minimum Gasteiger partial charge on any atom is -0.494 e. The highest BCUT2D eigenvalue weighted by Crippen LogP contribution is 2.23. The third kappa shape index (κ3) is 4.19. The van der Waals surface area contributed by atoms with E-state index in [1.165, 1.54) is 12.1 Å². The SMILES string of the molecule is CCOc1ccc(S(=O)(=O)Nc2ccc(-c3ccccc3)cc2)cc1. The lowest BCUT2D eigenvalue weighted by Crippen LogP contribution is -2.12. The van der Waals surface area contributed by atoms with E-state index in [1.54, 1.807) is 24.3 Å². The molecule has 0 aliphatic carbocycles. The van der Waals surface area contributed by atoms with E-state index in [0.717, 1.165) is 11.1 Å². The van der Waals surface area contributed by atoms with Crippen molar-refractivity contribution >= 4 is 15.7 Å². The molecule has 128 valence electrons. The Kier molecular flexibility index (Phi) is 5.05. The molecule has 3 rings (SSSR count). The standard InChI is InChI=1S/C20H19NO3S/c1-2-24-19-12-14-20(15-13-19)25(22,23)21-18-10-8-17(9-11-18)16-6-4-3-5-7-16/h3-15,21H,2H2,1H3. The van der Waals surface area contributed by atoms with Crippen LogP contribution < -0.4 is 9.46 Å². The van der Waals surface area contributed by atoms with Crippen LogP contribution in [0.4, 0.5) is 5.69 Å². The Balaban J connectivity index is 1.76. The number of hydrogen-bond donors (Lipinski definition) is 1. The van der Waals surface area contributed by atoms with Gasteiger partial charge >= 0.3 is 0 Å². The van der Waals surface area contributed by atoms with E-state index in [2.05, 4.69) is 4.72 Å². The van der Waals surface area contributed by atoms with Crippen molar-refractivity contribution in [2.45, 2.75) is 11.8 Å². The summed E-state index contributed by atoms with van der Waals surface area (Å²) in [5.74, 6) is 0.647. The van der Waals surface area contributed by atoms with Crippen LogP contribution in [0.15, 0.2) is 83.8 Å². The van der Waals surface area contributed by atoms with Crippen molar-refractivity contribution in [1.82, 2.24) is 0 Å². The number of rotatable bonds is 6. The molecule has 0 saturated carbocycles. The van der Waals surface area contributed by atoms with Crippen molar-refractivity contribution in [3.05, 3.63) is 78.9 Å². The first-order valence-corrected chi connectivity index (χ1v) is 9.48. The van der Waals surface area contributed by atoms with Gasteiger partial charge in [0.1, 0.15) is 5.75 Å². The highest BCUT2D eigenvalue weighted by atomic mass is 32.2. The second-order valence-corrected chi connectivity index (χ2v) is 7.14. The quantitative estimate of drug-likeness (QED) is 0.707. The van der Waals surface area contributed by atoms with Gasteiger partial charge in [-0.1, -0.05) is 42.5 Å². The summed E-state index contributed by atoms with van der Waals surface area (Å²) >= 11 is 0. The van der Waals surface area contributed by atoms with Gasteiger partial charge in [0.05, 0.1) is 11.5 Å². The van der Waals surface area contributed by atoms with Crippen molar-refractivity contribution in [1.29, 1.82) is 0 Å². The highest BCUT2D eigenvalue weighted by Gasteiger charge is 2.14. The summed E-state index contributed by atoms with van der Waals surface area (Å²) in [6.45, 7) is 2.42. The third-order valence-corrected chi connectivity index (χ3v) is 5.09. The molecule has 5 heteroatoms. The van der Waals surface area contributed by atoms with E-state index in [4.69, 9.17) is 4.74 Å². The number of nitrogens with one attached hydrogen (secondary N) is 1. The Morgan fingerprint density at radius 1 is 0.800 bits per heavy atom. The molecule has 0 bridgehead atoms. The van der Waals surface area contributed by atoms with Gasteiger partial charge in [-0.05, 0) is 54.4 Å². The Morgan fingerprint density at radius 3 is 2.00 bits per heavy atom. The molecule has 0 amide bonds. The normalized spacial score (nSPS) is 11.1. The lowest BCUT2D eigenvalue weighted by molar-refractivity contribution is 0.340. The first kappa shape index (κ1) is 17.0. The average Bonchev–Trinajstić information content (AvgIpc) is 2.63. The zero-order chi connectivity index (χ0) is 17.7. The molecule has 0 saturated heterocycles. The minimum atomic E-state index is -3.63. The fraction of sp³-hybridized carbons (Fsp3) is 0.100. The van der Waals surface area contributed by atoms with Gasteiger partial charge in [0.15, 0.2) is 0 Å². The van der Waals surface area contributed by atoms with Crippen LogP contribution in [0.25, 0.3) is 11.1 Å². The number of anilines is 1. The van der Waals surface area contributed by atoms with Crippen molar-refractivity contribution in [3.8, 4) is 16.9 Å². The lowest BCUT2D eigenvalue weighted by Gasteiger charge is -2.10. The molecule has 0 aromatic heterocycles. The van der Waals surface area contributed by atoms with E-state index in [0.29, 0.717) is 18.0 Å². The molecule has 3 aromatic carbocycles. The van der Waals surface area contributed by atoms with Gasteiger partial charge in [-0.3, -0.25) is 4.72 Å². The predicted octanol–water partition coefficient (Wildman–Crippen LogP) is 4.55. The van der Waals surface area contributed by atoms with Crippen molar-refractivity contribution in [2.24, 2.45) is 0 Å². The average molecular weight is 353 g/mol. The van der Waals surface area contributed by atoms with Crippen LogP contribution in [0.5, 0.6) is 5.75 Å². The molecule has 25 heavy (non-hydrogen) atoms. The van der Waals surface area contributed by atoms with Gasteiger partial charge in [0, 0.05) is 5.69 Å². The number of hydrogen-bond acceptors (Lipinski definition) is 3. The second-order valence-electron chi connectivity index (χ2n) is 5.45. The number of ether oxygens (including phenoxy) is 1. The van der Waals surface area contributed by atoms with Gasteiger partial charge in [-0.2, -0.15) is 0 Å². The van der Waals surface area contributed by atoms with Crippen LogP contribution >= 0.6 is 0 Å². The first-order chi connectivity index (χ1) is 12.1. The zero-order valence-electron chi connectivity index (χ0n) is 13.8. The van der Waals surface area contributed by atoms with Crippen LogP contribution in [0.1, 0.15) is 6.92 Å². The predicted molar refractivity (Wildman–Crippen MR) is 100 cm³/mol. The topological polar surface area (TPSA) is 55.4 Å². The van der Waals surface area contributed by atoms with E-state index >= 15 is 0 Å². The largest absolute Gasteiger partial charge is 0.494 e. The summed E-state index contributed by atoms with van der Waals surface area (Å²) in [7, 11) is -3.63. The molecule has 4 nitrogen and oxygen atoms in total. The maximum atomic E-state index is 12.5. The lowest BCUT2D eigenvalue weighted by atomic mass is 10.1. The molecule has 0 aliphatic rings. The maximum Gasteiger partial charge on any atom is 0.261 e. The molecular formula is C20H19NO3S. The van der Waals surface area contributed by atoms with E-state index in [9.17, 15) is 8.42 Å². The van der Waals surface area contributed by atoms with Crippen LogP contribution in [-0.4, -0.2) is 15.0 Å². The van der Waals surface area contributed by atoms with Crippen LogP contribution in [0.2, 0.25) is 0 Å². The van der Waals surface area contributed by atoms with Crippen LogP contribution in [0, 0.1) is 0 Å². The molecule has 0 spiro atoms. The van der Waals surface area contributed by atoms with Gasteiger partial charge in [-0.15, -0.1) is 0 Å². The van der Waals surface area contributed by atoms with Gasteiger partial charge in [0.25, 0.3) is 10.0 Å². The summed E-state index contributed by atoms with van der Waals surface area (Å²) in [5, 5.41) is 0. The summed E-state index contributed by atoms with van der Waals surface area (Å²) in [5.41, 5.74) is 2.64. The molecule has 1 N–H and O–H groups in total. The Morgan fingerprint density at radius 2 is 1.40 bits per heavy atom. The molecule has 3 aromatic rings. The molecular weight excluding hydrogens is 334 g/mol. The van der Waals surface area contributed by atoms with Crippen molar-refractivity contribution in [2.75, 3.05) is 11.3 Å². The molecule has 0 atom stereocenters. The third-order valence-electron chi connectivity index (χ3n) is 3.69. The fourth-order valence-electron chi connectivity index (χ4n) is 2.46. The Hall–Kier alpha value is -2.79. The summed E-state index contributed by atoms with van der Waals surface area (Å²) in [4.78, 5) is 0.197. The van der Waals surface area contributed by atoms with E-state index in [-0.39, 0.29) is 4.90 Å². The van der Waals surface area contributed by atoms with Crippen LogP contribution in [0.3, 0.4) is 0 Å². The fourth-order valence-corrected chi connectivity index (χ4v) is 3.52. The first-order valence-electron chi connectivity index (χ1n) is 7.99. The zero-order valence-corrected chi connectivity index (χ0v) is 14.7. The van der Waals surface area contributed by atoms with Crippen LogP contribution in [-0.2, 0) is 10.0 Å². The van der Waals surface area contributed by atoms with Gasteiger partial charge in [0.2, 0.25) is 0 Å². The van der Waals surface area contributed by atoms with Gasteiger partial charge < -0.3 is 4.74 Å². The highest BCUT2D eigenvalue weighted by molar-refractivity contribution is 7.92. The second kappa shape index (κ2) is 7.40. The van der Waals surface area contributed by atoms with E-state index < -0.39 is 10.0 Å². The summed E-state index contributed by atoms with van der Waals surface area (Å²) < 4.78 is 32.9. The molecule has 0 radical (unpaired) electrons. The summed E-state index contributed by atoms with van der Waals surface area (Å²) in [6.07, 6.45) is 0. The van der Waals surface area contributed by atoms with Crippen molar-refractivity contribution < 1.29 is 13.2 Å². The summed E-state index contributed by atoms with van der Waals surface area (Å²) in [6, 6.07) is 23.6. The molecule has 0 fully saturated rings. The van der Waals surface area contributed by atoms with E-state index in [1.807, 2.05) is 49.4 Å². The minimum absolute atomic E-state index is 0.197. The van der Waals surface area contributed by atoms with Crippen molar-refractivity contribution in [3.63, 3.8) is 0 Å². The molecule has 0 heterocycles. The molecule has 0 unspecified atom stereocenters. The smallest absolute Gasteiger partial charge is 0.261 e. The number of benzene rings is 3. The Labute approximate surface area is 148 Å². The van der Waals surface area contributed by atoms with Gasteiger partial charge in [-0.25, -0.2) is 8.42 Å².